The average Bonchev–Trinajstić information content (AvgIpc) is 2.72. The second-order valence-electron chi connectivity index (χ2n) is 5.35. The van der Waals surface area contributed by atoms with E-state index in [1.165, 1.54) is 18.2 Å². The van der Waals surface area contributed by atoms with Crippen LogP contribution < -0.4 is 0 Å². The van der Waals surface area contributed by atoms with Gasteiger partial charge in [-0.25, -0.2) is 4.39 Å². The number of Topliss-reactive ketones (excluding diaryl/α,β-unsaturated/α-hetero) is 1. The number of hydroxylamine groups is 2. The summed E-state index contributed by atoms with van der Waals surface area (Å²) in [7, 11) is 1.56. The van der Waals surface area contributed by atoms with Gasteiger partial charge < -0.3 is 9.57 Å². The van der Waals surface area contributed by atoms with Gasteiger partial charge in [0.15, 0.2) is 11.4 Å². The highest BCUT2D eigenvalue weighted by Gasteiger charge is 2.57. The van der Waals surface area contributed by atoms with Gasteiger partial charge >= 0.3 is 5.97 Å². The van der Waals surface area contributed by atoms with E-state index in [0.717, 1.165) is 0 Å². The minimum atomic E-state index is -1.15. The Hall–Kier alpha value is -1.79. The number of piperidine rings is 1. The van der Waals surface area contributed by atoms with Crippen LogP contribution in [0.4, 0.5) is 4.39 Å². The van der Waals surface area contributed by atoms with Gasteiger partial charge in [0, 0.05) is 31.5 Å². The summed E-state index contributed by atoms with van der Waals surface area (Å²) in [6.07, 6.45) is 0.743. The third-order valence-electron chi connectivity index (χ3n) is 4.25. The Bertz CT molecular complexity index is 581. The summed E-state index contributed by atoms with van der Waals surface area (Å²) in [5.74, 6) is -2.70. The molecule has 3 rings (SSSR count). The first-order valence-corrected chi connectivity index (χ1v) is 6.88. The molecule has 1 aromatic rings. The van der Waals surface area contributed by atoms with E-state index in [2.05, 4.69) is 0 Å². The summed E-state index contributed by atoms with van der Waals surface area (Å²) in [6, 6.07) is 5.84. The molecule has 0 radical (unpaired) electrons. The SMILES string of the molecule is CON1CCC2(CC1)OC(=O)C(c1ccccc1F)C2=O. The number of rotatable bonds is 2. The van der Waals surface area contributed by atoms with Gasteiger partial charge in [-0.05, 0) is 6.07 Å². The lowest BCUT2D eigenvalue weighted by Gasteiger charge is -2.35. The number of hydrogen-bond acceptors (Lipinski definition) is 5. The molecule has 0 saturated carbocycles. The summed E-state index contributed by atoms with van der Waals surface area (Å²) in [5, 5.41) is 1.71. The minimum Gasteiger partial charge on any atom is -0.450 e. The van der Waals surface area contributed by atoms with Crippen LogP contribution >= 0.6 is 0 Å². The molecule has 1 atom stereocenters. The fraction of sp³-hybridized carbons (Fsp3) is 0.467. The largest absolute Gasteiger partial charge is 0.450 e. The van der Waals surface area contributed by atoms with Crippen LogP contribution in [0.25, 0.3) is 0 Å². The number of hydrogen-bond donors (Lipinski definition) is 0. The molecule has 0 N–H and O–H groups in total. The van der Waals surface area contributed by atoms with Gasteiger partial charge in [0.2, 0.25) is 0 Å². The maximum Gasteiger partial charge on any atom is 0.322 e. The lowest BCUT2D eigenvalue weighted by Crippen LogP contribution is -2.48. The van der Waals surface area contributed by atoms with Crippen molar-refractivity contribution in [3.05, 3.63) is 35.6 Å². The third-order valence-corrected chi connectivity index (χ3v) is 4.25. The summed E-state index contributed by atoms with van der Waals surface area (Å²) in [4.78, 5) is 29.9. The Kier molecular flexibility index (Phi) is 3.51. The van der Waals surface area contributed by atoms with E-state index in [1.54, 1.807) is 18.2 Å². The first-order chi connectivity index (χ1) is 10.1. The van der Waals surface area contributed by atoms with Crippen LogP contribution in [0.1, 0.15) is 24.3 Å². The maximum absolute atomic E-state index is 13.9. The number of benzene rings is 1. The van der Waals surface area contributed by atoms with E-state index >= 15 is 0 Å². The molecule has 2 heterocycles. The molecule has 6 heteroatoms. The molecule has 1 spiro atoms. The van der Waals surface area contributed by atoms with Gasteiger partial charge in [-0.2, -0.15) is 5.06 Å². The van der Waals surface area contributed by atoms with Gasteiger partial charge in [-0.1, -0.05) is 18.2 Å². The van der Waals surface area contributed by atoms with Gasteiger partial charge in [-0.15, -0.1) is 0 Å². The number of carbonyl (C=O) groups excluding carboxylic acids is 2. The molecule has 0 bridgehead atoms. The molecule has 0 amide bonds. The molecule has 21 heavy (non-hydrogen) atoms. The number of ketones is 1. The topological polar surface area (TPSA) is 55.8 Å². The molecule has 2 fully saturated rings. The zero-order valence-corrected chi connectivity index (χ0v) is 11.7. The van der Waals surface area contributed by atoms with Gasteiger partial charge in [0.1, 0.15) is 11.7 Å². The highest BCUT2D eigenvalue weighted by Crippen LogP contribution is 2.41. The Morgan fingerprint density at radius 2 is 1.95 bits per heavy atom. The van der Waals surface area contributed by atoms with E-state index < -0.39 is 23.3 Å². The van der Waals surface area contributed by atoms with Crippen molar-refractivity contribution in [2.24, 2.45) is 0 Å². The van der Waals surface area contributed by atoms with Crippen molar-refractivity contribution < 1.29 is 23.6 Å². The van der Waals surface area contributed by atoms with E-state index in [4.69, 9.17) is 9.57 Å². The Labute approximate surface area is 121 Å². The molecule has 1 unspecified atom stereocenters. The fourth-order valence-corrected chi connectivity index (χ4v) is 3.03. The maximum atomic E-state index is 13.9. The number of nitrogens with zero attached hydrogens (tertiary/aromatic N) is 1. The Balaban J connectivity index is 1.88. The smallest absolute Gasteiger partial charge is 0.322 e. The molecule has 112 valence electrons. The Morgan fingerprint density at radius 3 is 2.57 bits per heavy atom. The average molecular weight is 293 g/mol. The van der Waals surface area contributed by atoms with Crippen LogP contribution in [-0.4, -0.2) is 42.6 Å². The second kappa shape index (κ2) is 5.20. The molecule has 2 saturated heterocycles. The first kappa shape index (κ1) is 14.2. The van der Waals surface area contributed by atoms with Crippen molar-refractivity contribution in [3.8, 4) is 0 Å². The number of halogens is 1. The molecule has 5 nitrogen and oxygen atoms in total. The zero-order chi connectivity index (χ0) is 15.0. The molecule has 0 aliphatic carbocycles. The molecule has 0 aromatic heterocycles. The van der Waals surface area contributed by atoms with Crippen LogP contribution in [0.5, 0.6) is 0 Å². The van der Waals surface area contributed by atoms with E-state index in [-0.39, 0.29) is 11.3 Å². The summed E-state index contributed by atoms with van der Waals surface area (Å²) < 4.78 is 19.3. The molecular weight excluding hydrogens is 277 g/mol. The number of carbonyl (C=O) groups is 2. The summed E-state index contributed by atoms with van der Waals surface area (Å²) in [6.45, 7) is 0.999. The lowest BCUT2D eigenvalue weighted by atomic mass is 9.82. The summed E-state index contributed by atoms with van der Waals surface area (Å²) in [5.41, 5.74) is -1.03. The van der Waals surface area contributed by atoms with Crippen LogP contribution in [-0.2, 0) is 19.2 Å². The molecule has 2 aliphatic heterocycles. The minimum absolute atomic E-state index is 0.0959. The van der Waals surface area contributed by atoms with Crippen molar-refractivity contribution in [1.82, 2.24) is 5.06 Å². The molecule has 2 aliphatic rings. The van der Waals surface area contributed by atoms with E-state index in [1.807, 2.05) is 0 Å². The fourth-order valence-electron chi connectivity index (χ4n) is 3.03. The first-order valence-electron chi connectivity index (χ1n) is 6.88. The van der Waals surface area contributed by atoms with E-state index in [9.17, 15) is 14.0 Å². The summed E-state index contributed by atoms with van der Waals surface area (Å²) >= 11 is 0. The van der Waals surface area contributed by atoms with E-state index in [0.29, 0.717) is 25.9 Å². The monoisotopic (exact) mass is 293 g/mol. The van der Waals surface area contributed by atoms with Gasteiger partial charge in [0.25, 0.3) is 0 Å². The van der Waals surface area contributed by atoms with Gasteiger partial charge in [-0.3, -0.25) is 9.59 Å². The highest BCUT2D eigenvalue weighted by molar-refractivity contribution is 6.13. The lowest BCUT2D eigenvalue weighted by molar-refractivity contribution is -0.184. The third kappa shape index (κ3) is 2.24. The molecular formula is C15H16FNO4. The standard InChI is InChI=1S/C15H16FNO4/c1-20-17-8-6-15(7-9-17)13(18)12(14(19)21-15)10-4-2-3-5-11(10)16/h2-5,12H,6-9H2,1H3. The number of esters is 1. The quantitative estimate of drug-likeness (QED) is 0.610. The van der Waals surface area contributed by atoms with Crippen molar-refractivity contribution >= 4 is 11.8 Å². The predicted octanol–water partition coefficient (Wildman–Crippen LogP) is 1.43. The van der Waals surface area contributed by atoms with Crippen LogP contribution in [0.3, 0.4) is 0 Å². The van der Waals surface area contributed by atoms with Crippen LogP contribution in [0.15, 0.2) is 24.3 Å². The van der Waals surface area contributed by atoms with Gasteiger partial charge in [0.05, 0.1) is 7.11 Å². The predicted molar refractivity (Wildman–Crippen MR) is 70.8 cm³/mol. The molecule has 1 aromatic carbocycles. The van der Waals surface area contributed by atoms with Crippen molar-refractivity contribution in [2.45, 2.75) is 24.4 Å². The highest BCUT2D eigenvalue weighted by atomic mass is 19.1. The normalized spacial score (nSPS) is 25.3. The van der Waals surface area contributed by atoms with Crippen molar-refractivity contribution in [1.29, 1.82) is 0 Å². The van der Waals surface area contributed by atoms with Crippen molar-refractivity contribution in [3.63, 3.8) is 0 Å². The Morgan fingerprint density at radius 1 is 1.29 bits per heavy atom. The van der Waals surface area contributed by atoms with Crippen LogP contribution in [0, 0.1) is 5.82 Å². The van der Waals surface area contributed by atoms with Crippen LogP contribution in [0.2, 0.25) is 0 Å². The second-order valence-corrected chi connectivity index (χ2v) is 5.35. The number of ether oxygens (including phenoxy) is 1. The van der Waals surface area contributed by atoms with Crippen molar-refractivity contribution in [2.75, 3.05) is 20.2 Å². The zero-order valence-electron chi connectivity index (χ0n) is 11.7.